The predicted octanol–water partition coefficient (Wildman–Crippen LogP) is 3.68. The van der Waals surface area contributed by atoms with Gasteiger partial charge in [-0.25, -0.2) is 0 Å². The molecule has 1 fully saturated rings. The monoisotopic (exact) mass is 405 g/mol. The summed E-state index contributed by atoms with van der Waals surface area (Å²) < 4.78 is 0. The number of carbonyl (C=O) groups is 3. The minimum absolute atomic E-state index is 0.0678. The van der Waals surface area contributed by atoms with E-state index in [4.69, 9.17) is 11.6 Å². The van der Waals surface area contributed by atoms with Crippen LogP contribution < -0.4 is 15.5 Å². The fourth-order valence-corrected chi connectivity index (χ4v) is 3.80. The van der Waals surface area contributed by atoms with Crippen LogP contribution in [0.25, 0.3) is 0 Å². The number of hydrogen-bond donors (Lipinski definition) is 2. The van der Waals surface area contributed by atoms with E-state index in [1.807, 2.05) is 5.38 Å². The van der Waals surface area contributed by atoms with Gasteiger partial charge >= 0.3 is 0 Å². The maximum absolute atomic E-state index is 12.1. The summed E-state index contributed by atoms with van der Waals surface area (Å²) in [6.45, 7) is 1.10. The molecule has 1 aliphatic heterocycles. The van der Waals surface area contributed by atoms with Crippen LogP contribution >= 0.6 is 22.9 Å². The van der Waals surface area contributed by atoms with Gasteiger partial charge in [-0.3, -0.25) is 14.4 Å². The van der Waals surface area contributed by atoms with Gasteiger partial charge in [0, 0.05) is 42.6 Å². The number of thiophene rings is 1. The highest BCUT2D eigenvalue weighted by atomic mass is 35.5. The quantitative estimate of drug-likeness (QED) is 0.690. The number of rotatable bonds is 7. The molecule has 8 heteroatoms. The number of nitrogens with one attached hydrogen (secondary N) is 2. The second kappa shape index (κ2) is 9.01. The van der Waals surface area contributed by atoms with Crippen molar-refractivity contribution in [1.82, 2.24) is 5.32 Å². The first-order valence-corrected chi connectivity index (χ1v) is 10.1. The highest BCUT2D eigenvalue weighted by molar-refractivity contribution is 7.08. The normalized spacial score (nSPS) is 13.7. The van der Waals surface area contributed by atoms with Crippen molar-refractivity contribution in [2.24, 2.45) is 0 Å². The molecule has 3 amide bonds. The Balaban J connectivity index is 1.44. The predicted molar refractivity (Wildman–Crippen MR) is 108 cm³/mol. The number of nitrogens with zero attached hydrogens (tertiary/aromatic N) is 1. The Labute approximate surface area is 166 Å². The van der Waals surface area contributed by atoms with Gasteiger partial charge in [-0.1, -0.05) is 11.6 Å². The number of halogens is 1. The Bertz CT molecular complexity index is 839. The average molecular weight is 406 g/mol. The lowest BCUT2D eigenvalue weighted by atomic mass is 10.2. The maximum atomic E-state index is 12.1. The van der Waals surface area contributed by atoms with Crippen molar-refractivity contribution in [3.05, 3.63) is 45.6 Å². The van der Waals surface area contributed by atoms with Gasteiger partial charge < -0.3 is 15.5 Å². The third-order valence-electron chi connectivity index (χ3n) is 4.25. The van der Waals surface area contributed by atoms with Gasteiger partial charge in [0.05, 0.1) is 10.7 Å². The molecule has 0 saturated carbocycles. The van der Waals surface area contributed by atoms with Gasteiger partial charge in [-0.2, -0.15) is 11.3 Å². The van der Waals surface area contributed by atoms with Crippen LogP contribution in [0.2, 0.25) is 5.02 Å². The van der Waals surface area contributed by atoms with Crippen molar-refractivity contribution in [3.8, 4) is 0 Å². The molecule has 2 aromatic rings. The van der Waals surface area contributed by atoms with Crippen LogP contribution in [0.15, 0.2) is 35.0 Å². The fraction of sp³-hybridized carbons (Fsp3) is 0.316. The molecule has 0 spiro atoms. The summed E-state index contributed by atoms with van der Waals surface area (Å²) in [5, 5.41) is 9.64. The van der Waals surface area contributed by atoms with Crippen molar-refractivity contribution in [2.75, 3.05) is 23.3 Å². The molecule has 27 heavy (non-hydrogen) atoms. The summed E-state index contributed by atoms with van der Waals surface area (Å²) >= 11 is 7.74. The molecule has 0 aliphatic carbocycles. The van der Waals surface area contributed by atoms with Crippen LogP contribution in [-0.2, 0) is 9.59 Å². The molecular formula is C19H20ClN3O3S. The zero-order chi connectivity index (χ0) is 19.2. The maximum Gasteiger partial charge on any atom is 0.252 e. The standard InChI is InChI=1S/C19H20ClN3O3S/c20-15-11-14(5-6-16(15)23-9-2-4-18(23)25)22-17(24)3-1-8-21-19(26)13-7-10-27-12-13/h5-7,10-12H,1-4,8-9H2,(H,21,26)(H,22,24). The smallest absolute Gasteiger partial charge is 0.252 e. The largest absolute Gasteiger partial charge is 0.352 e. The van der Waals surface area contributed by atoms with Crippen LogP contribution in [0.3, 0.4) is 0 Å². The highest BCUT2D eigenvalue weighted by Gasteiger charge is 2.23. The molecular weight excluding hydrogens is 386 g/mol. The van der Waals surface area contributed by atoms with Crippen LogP contribution in [0.1, 0.15) is 36.0 Å². The zero-order valence-corrected chi connectivity index (χ0v) is 16.2. The molecule has 1 saturated heterocycles. The molecule has 0 unspecified atom stereocenters. The van der Waals surface area contributed by atoms with Gasteiger partial charge in [-0.05, 0) is 42.5 Å². The molecule has 1 aromatic heterocycles. The van der Waals surface area contributed by atoms with Crippen molar-refractivity contribution < 1.29 is 14.4 Å². The fourth-order valence-electron chi connectivity index (χ4n) is 2.88. The van der Waals surface area contributed by atoms with Gasteiger partial charge in [-0.15, -0.1) is 0 Å². The molecule has 6 nitrogen and oxygen atoms in total. The third-order valence-corrected chi connectivity index (χ3v) is 5.23. The second-order valence-corrected chi connectivity index (χ2v) is 7.42. The van der Waals surface area contributed by atoms with E-state index in [2.05, 4.69) is 10.6 Å². The minimum Gasteiger partial charge on any atom is -0.352 e. The lowest BCUT2D eigenvalue weighted by Gasteiger charge is -2.18. The number of benzene rings is 1. The first-order chi connectivity index (χ1) is 13.0. The summed E-state index contributed by atoms with van der Waals surface area (Å²) in [5.74, 6) is -0.213. The van der Waals surface area contributed by atoms with Crippen LogP contribution in [0, 0.1) is 0 Å². The van der Waals surface area contributed by atoms with E-state index in [1.165, 1.54) is 11.3 Å². The molecule has 0 atom stereocenters. The van der Waals surface area contributed by atoms with Crippen molar-refractivity contribution in [3.63, 3.8) is 0 Å². The topological polar surface area (TPSA) is 78.5 Å². The van der Waals surface area contributed by atoms with E-state index in [0.717, 1.165) is 6.42 Å². The van der Waals surface area contributed by atoms with Gasteiger partial charge in [0.15, 0.2) is 0 Å². The Hall–Kier alpha value is -2.38. The van der Waals surface area contributed by atoms with E-state index in [0.29, 0.717) is 47.9 Å². The zero-order valence-electron chi connectivity index (χ0n) is 14.7. The summed E-state index contributed by atoms with van der Waals surface area (Å²) in [6.07, 6.45) is 2.19. The lowest BCUT2D eigenvalue weighted by molar-refractivity contribution is -0.117. The summed E-state index contributed by atoms with van der Waals surface area (Å²) in [5.41, 5.74) is 1.90. The van der Waals surface area contributed by atoms with Crippen molar-refractivity contribution in [2.45, 2.75) is 25.7 Å². The molecule has 1 aromatic carbocycles. The molecule has 0 radical (unpaired) electrons. The molecule has 1 aliphatic rings. The average Bonchev–Trinajstić information content (AvgIpc) is 3.31. The second-order valence-electron chi connectivity index (χ2n) is 6.23. The number of carbonyl (C=O) groups excluding carboxylic acids is 3. The van der Waals surface area contributed by atoms with Crippen molar-refractivity contribution in [1.29, 1.82) is 0 Å². The number of amides is 3. The highest BCUT2D eigenvalue weighted by Crippen LogP contribution is 2.31. The van der Waals surface area contributed by atoms with E-state index < -0.39 is 0 Å². The Morgan fingerprint density at radius 2 is 2.11 bits per heavy atom. The number of hydrogen-bond acceptors (Lipinski definition) is 4. The summed E-state index contributed by atoms with van der Waals surface area (Å²) in [4.78, 5) is 37.4. The van der Waals surface area contributed by atoms with Gasteiger partial charge in [0.2, 0.25) is 11.8 Å². The number of anilines is 2. The Morgan fingerprint density at radius 1 is 1.26 bits per heavy atom. The molecule has 2 N–H and O–H groups in total. The first-order valence-electron chi connectivity index (χ1n) is 8.75. The van der Waals surface area contributed by atoms with E-state index >= 15 is 0 Å². The van der Waals surface area contributed by atoms with E-state index in [-0.39, 0.29) is 24.1 Å². The first kappa shape index (κ1) is 19.4. The Morgan fingerprint density at radius 3 is 2.78 bits per heavy atom. The van der Waals surface area contributed by atoms with Crippen LogP contribution in [-0.4, -0.2) is 30.8 Å². The van der Waals surface area contributed by atoms with Gasteiger partial charge in [0.1, 0.15) is 0 Å². The van der Waals surface area contributed by atoms with Gasteiger partial charge in [0.25, 0.3) is 5.91 Å². The third kappa shape index (κ3) is 5.08. The summed E-state index contributed by atoms with van der Waals surface area (Å²) in [6, 6.07) is 6.90. The lowest BCUT2D eigenvalue weighted by Crippen LogP contribution is -2.25. The van der Waals surface area contributed by atoms with Crippen molar-refractivity contribution >= 4 is 52.0 Å². The summed E-state index contributed by atoms with van der Waals surface area (Å²) in [7, 11) is 0. The molecule has 2 heterocycles. The molecule has 142 valence electrons. The van der Waals surface area contributed by atoms with E-state index in [1.54, 1.807) is 34.5 Å². The Kier molecular flexibility index (Phi) is 6.47. The minimum atomic E-state index is -0.152. The SMILES string of the molecule is O=C(CCCNC(=O)c1ccsc1)Nc1ccc(N2CCCC2=O)c(Cl)c1. The van der Waals surface area contributed by atoms with Crippen LogP contribution in [0.4, 0.5) is 11.4 Å². The van der Waals surface area contributed by atoms with Crippen LogP contribution in [0.5, 0.6) is 0 Å². The molecule has 0 bridgehead atoms. The molecule has 3 rings (SSSR count). The van der Waals surface area contributed by atoms with E-state index in [9.17, 15) is 14.4 Å².